The number of hydrogen-bond acceptors (Lipinski definition) is 2. The van der Waals surface area contributed by atoms with Crippen molar-refractivity contribution in [3.05, 3.63) is 71.7 Å². The van der Waals surface area contributed by atoms with Crippen molar-refractivity contribution in [3.8, 4) is 0 Å². The van der Waals surface area contributed by atoms with Crippen LogP contribution >= 0.6 is 0 Å². The number of aromatic nitrogens is 1. The van der Waals surface area contributed by atoms with Crippen LogP contribution in [0.3, 0.4) is 0 Å². The van der Waals surface area contributed by atoms with Crippen LogP contribution < -0.4 is 5.32 Å². The van der Waals surface area contributed by atoms with Crippen LogP contribution in [0.25, 0.3) is 10.9 Å². The fourth-order valence-corrected chi connectivity index (χ4v) is 3.61. The van der Waals surface area contributed by atoms with E-state index in [0.29, 0.717) is 19.5 Å². The van der Waals surface area contributed by atoms with Gasteiger partial charge in [0.25, 0.3) is 0 Å². The number of carbonyl (C=O) groups excluding carboxylic acids is 1. The van der Waals surface area contributed by atoms with Crippen LogP contribution in [0.1, 0.15) is 11.1 Å². The largest absolute Gasteiger partial charge is 0.361 e. The van der Waals surface area contributed by atoms with Gasteiger partial charge in [0.15, 0.2) is 0 Å². The topological polar surface area (TPSA) is 48.1 Å². The molecule has 134 valence electrons. The standard InChI is InChI=1S/C21H22FN3O/c22-17-7-5-15(6-8-17)9-11-25-12-10-23-20(21(25)26)13-16-14-24-19-4-2-1-3-18(16)19/h1-8,14,20,23-24H,9-13H2/t20-/m1/s1. The summed E-state index contributed by atoms with van der Waals surface area (Å²) in [4.78, 5) is 18.0. The summed E-state index contributed by atoms with van der Waals surface area (Å²) < 4.78 is 13.0. The van der Waals surface area contributed by atoms with E-state index in [-0.39, 0.29) is 17.8 Å². The molecule has 4 rings (SSSR count). The first-order valence-electron chi connectivity index (χ1n) is 9.02. The summed E-state index contributed by atoms with van der Waals surface area (Å²) in [5.74, 6) is -0.0885. The number of nitrogens with one attached hydrogen (secondary N) is 2. The van der Waals surface area contributed by atoms with Gasteiger partial charge in [0.05, 0.1) is 6.04 Å². The number of amides is 1. The second-order valence-corrected chi connectivity index (χ2v) is 6.77. The molecule has 1 aliphatic heterocycles. The first kappa shape index (κ1) is 16.8. The molecule has 0 saturated carbocycles. The molecule has 5 heteroatoms. The Morgan fingerprint density at radius 3 is 2.77 bits per heavy atom. The molecule has 2 aromatic carbocycles. The Morgan fingerprint density at radius 1 is 1.12 bits per heavy atom. The average Bonchev–Trinajstić information content (AvgIpc) is 3.07. The number of benzene rings is 2. The minimum absolute atomic E-state index is 0.142. The van der Waals surface area contributed by atoms with Gasteiger partial charge in [-0.15, -0.1) is 0 Å². The van der Waals surface area contributed by atoms with Crippen molar-refractivity contribution < 1.29 is 9.18 Å². The number of para-hydroxylation sites is 1. The van der Waals surface area contributed by atoms with Gasteiger partial charge in [-0.25, -0.2) is 4.39 Å². The Labute approximate surface area is 152 Å². The number of piperazine rings is 1. The van der Waals surface area contributed by atoms with E-state index in [9.17, 15) is 9.18 Å². The minimum atomic E-state index is -0.231. The smallest absolute Gasteiger partial charge is 0.240 e. The summed E-state index contributed by atoms with van der Waals surface area (Å²) in [5, 5.41) is 4.52. The van der Waals surface area contributed by atoms with Gasteiger partial charge >= 0.3 is 0 Å². The van der Waals surface area contributed by atoms with Crippen molar-refractivity contribution in [1.82, 2.24) is 15.2 Å². The van der Waals surface area contributed by atoms with Crippen molar-refractivity contribution in [1.29, 1.82) is 0 Å². The monoisotopic (exact) mass is 351 g/mol. The molecule has 0 unspecified atom stereocenters. The lowest BCUT2D eigenvalue weighted by Gasteiger charge is -2.33. The molecule has 1 amide bonds. The summed E-state index contributed by atoms with van der Waals surface area (Å²) in [6.45, 7) is 2.17. The Bertz CT molecular complexity index is 903. The minimum Gasteiger partial charge on any atom is -0.361 e. The number of hydrogen-bond donors (Lipinski definition) is 2. The predicted molar refractivity (Wildman–Crippen MR) is 100 cm³/mol. The zero-order valence-corrected chi connectivity index (χ0v) is 14.5. The van der Waals surface area contributed by atoms with Crippen molar-refractivity contribution in [2.75, 3.05) is 19.6 Å². The van der Waals surface area contributed by atoms with Gasteiger partial charge in [0, 0.05) is 36.7 Å². The summed E-state index contributed by atoms with van der Waals surface area (Å²) in [7, 11) is 0. The molecule has 4 nitrogen and oxygen atoms in total. The molecule has 1 atom stereocenters. The maximum atomic E-state index is 13.0. The van der Waals surface area contributed by atoms with Crippen LogP contribution in [0.5, 0.6) is 0 Å². The van der Waals surface area contributed by atoms with Crippen molar-refractivity contribution in [2.24, 2.45) is 0 Å². The molecule has 3 aromatic rings. The van der Waals surface area contributed by atoms with E-state index in [1.165, 1.54) is 17.5 Å². The van der Waals surface area contributed by atoms with Crippen molar-refractivity contribution in [3.63, 3.8) is 0 Å². The lowest BCUT2D eigenvalue weighted by Crippen LogP contribution is -2.56. The highest BCUT2D eigenvalue weighted by Crippen LogP contribution is 2.20. The number of H-pyrrole nitrogens is 1. The van der Waals surface area contributed by atoms with Crippen molar-refractivity contribution in [2.45, 2.75) is 18.9 Å². The quantitative estimate of drug-likeness (QED) is 0.743. The van der Waals surface area contributed by atoms with Gasteiger partial charge < -0.3 is 15.2 Å². The number of halogens is 1. The molecular weight excluding hydrogens is 329 g/mol. The van der Waals surface area contributed by atoms with Crippen LogP contribution in [-0.4, -0.2) is 41.5 Å². The van der Waals surface area contributed by atoms with E-state index in [0.717, 1.165) is 29.6 Å². The fourth-order valence-electron chi connectivity index (χ4n) is 3.61. The first-order valence-corrected chi connectivity index (χ1v) is 9.02. The lowest BCUT2D eigenvalue weighted by atomic mass is 10.0. The maximum Gasteiger partial charge on any atom is 0.240 e. The molecule has 0 radical (unpaired) electrons. The first-order chi connectivity index (χ1) is 12.7. The van der Waals surface area contributed by atoms with Crippen LogP contribution in [0.2, 0.25) is 0 Å². The molecule has 2 N–H and O–H groups in total. The van der Waals surface area contributed by atoms with E-state index in [1.807, 2.05) is 29.3 Å². The van der Waals surface area contributed by atoms with Gasteiger partial charge in [-0.05, 0) is 42.2 Å². The number of rotatable bonds is 5. The summed E-state index contributed by atoms with van der Waals surface area (Å²) in [5.41, 5.74) is 3.30. The fraction of sp³-hybridized carbons (Fsp3) is 0.286. The highest BCUT2D eigenvalue weighted by molar-refractivity contribution is 5.86. The second kappa shape index (κ2) is 7.30. The van der Waals surface area contributed by atoms with Crippen LogP contribution in [0, 0.1) is 5.82 Å². The highest BCUT2D eigenvalue weighted by Gasteiger charge is 2.28. The Balaban J connectivity index is 1.41. The summed E-state index contributed by atoms with van der Waals surface area (Å²) in [6.07, 6.45) is 3.42. The van der Waals surface area contributed by atoms with Crippen LogP contribution in [0.4, 0.5) is 4.39 Å². The van der Waals surface area contributed by atoms with Crippen molar-refractivity contribution >= 4 is 16.8 Å². The molecule has 0 bridgehead atoms. The second-order valence-electron chi connectivity index (χ2n) is 6.77. The Morgan fingerprint density at radius 2 is 1.92 bits per heavy atom. The summed E-state index contributed by atoms with van der Waals surface area (Å²) >= 11 is 0. The average molecular weight is 351 g/mol. The number of fused-ring (bicyclic) bond motifs is 1. The zero-order valence-electron chi connectivity index (χ0n) is 14.5. The number of nitrogens with zero attached hydrogens (tertiary/aromatic N) is 1. The molecule has 1 aliphatic rings. The van der Waals surface area contributed by atoms with Crippen LogP contribution in [0.15, 0.2) is 54.7 Å². The molecule has 2 heterocycles. The Hall–Kier alpha value is -2.66. The molecule has 1 saturated heterocycles. The van der Waals surface area contributed by atoms with Gasteiger partial charge in [0.1, 0.15) is 5.82 Å². The van der Waals surface area contributed by atoms with E-state index in [2.05, 4.69) is 16.4 Å². The number of aromatic amines is 1. The number of carbonyl (C=O) groups is 1. The van der Waals surface area contributed by atoms with Gasteiger partial charge in [-0.1, -0.05) is 30.3 Å². The van der Waals surface area contributed by atoms with E-state index < -0.39 is 0 Å². The third-order valence-corrected chi connectivity index (χ3v) is 5.06. The third-order valence-electron chi connectivity index (χ3n) is 5.06. The van der Waals surface area contributed by atoms with E-state index >= 15 is 0 Å². The molecule has 0 spiro atoms. The van der Waals surface area contributed by atoms with Gasteiger partial charge in [0.2, 0.25) is 5.91 Å². The maximum absolute atomic E-state index is 13.0. The van der Waals surface area contributed by atoms with E-state index in [1.54, 1.807) is 12.1 Å². The lowest BCUT2D eigenvalue weighted by molar-refractivity contribution is -0.135. The molecule has 1 aromatic heterocycles. The molecular formula is C21H22FN3O. The molecule has 0 aliphatic carbocycles. The van der Waals surface area contributed by atoms with E-state index in [4.69, 9.17) is 0 Å². The van der Waals surface area contributed by atoms with Crippen LogP contribution in [-0.2, 0) is 17.6 Å². The molecule has 1 fully saturated rings. The summed E-state index contributed by atoms with van der Waals surface area (Å²) in [6, 6.07) is 14.5. The normalized spacial score (nSPS) is 17.8. The highest BCUT2D eigenvalue weighted by atomic mass is 19.1. The third kappa shape index (κ3) is 3.48. The van der Waals surface area contributed by atoms with Gasteiger partial charge in [-0.3, -0.25) is 4.79 Å². The molecule has 26 heavy (non-hydrogen) atoms. The van der Waals surface area contributed by atoms with Gasteiger partial charge in [-0.2, -0.15) is 0 Å². The SMILES string of the molecule is O=C1[C@@H](Cc2c[nH]c3ccccc23)NCCN1CCc1ccc(F)cc1. The predicted octanol–water partition coefficient (Wildman–Crippen LogP) is 2.89. The zero-order chi connectivity index (χ0) is 17.9. The Kier molecular flexibility index (Phi) is 4.71.